The maximum absolute atomic E-state index is 12.8. The molecule has 4 atom stereocenters. The van der Waals surface area contributed by atoms with Crippen LogP contribution in [0.4, 0.5) is 0 Å². The highest BCUT2D eigenvalue weighted by atomic mass is 31.2. The third-order valence-electron chi connectivity index (χ3n) is 8.85. The highest BCUT2D eigenvalue weighted by Crippen LogP contribution is 2.43. The molecular weight excluding hydrogens is 651 g/mol. The molecule has 0 aromatic heterocycles. The largest absolute Gasteiger partial charge is 0.472 e. The Hall–Kier alpha value is -1.32. The number of carbonyl (C=O) groups excluding carboxylic acids is 1. The highest BCUT2D eigenvalue weighted by molar-refractivity contribution is 7.47. The van der Waals surface area contributed by atoms with Crippen LogP contribution in [0.2, 0.25) is 0 Å². The number of allylic oxidation sites excluding steroid dienone is 5. The maximum atomic E-state index is 12.8. The quantitative estimate of drug-likeness (QED) is 0.0184. The van der Waals surface area contributed by atoms with E-state index in [0.717, 1.165) is 32.1 Å². The van der Waals surface area contributed by atoms with Crippen LogP contribution >= 0.6 is 7.82 Å². The van der Waals surface area contributed by atoms with Crippen molar-refractivity contribution < 1.29 is 33.5 Å². The minimum Gasteiger partial charge on any atom is -0.387 e. The van der Waals surface area contributed by atoms with Crippen molar-refractivity contribution in [1.29, 1.82) is 0 Å². The summed E-state index contributed by atoms with van der Waals surface area (Å²) in [5.41, 5.74) is 5.34. The van der Waals surface area contributed by atoms with Crippen molar-refractivity contribution in [3.63, 3.8) is 0 Å². The minimum atomic E-state index is -4.42. The Morgan fingerprint density at radius 2 is 1.14 bits per heavy atom. The van der Waals surface area contributed by atoms with E-state index in [-0.39, 0.29) is 13.2 Å². The number of aliphatic hydroxyl groups excluding tert-OH is 2. The SMILES string of the molecule is CCCCCCCC/C=C\CCCCCCCCCCC(O)C(=O)N[C@@H](COP(=O)(O)OCCN)[C@H](O)/C=C/C=C/CCCCCCCCC. The molecule has 9 nitrogen and oxygen atoms in total. The van der Waals surface area contributed by atoms with Crippen molar-refractivity contribution >= 4 is 13.7 Å². The second kappa shape index (κ2) is 36.1. The zero-order chi connectivity index (χ0) is 37.0. The van der Waals surface area contributed by atoms with Crippen LogP contribution in [0, 0.1) is 0 Å². The van der Waals surface area contributed by atoms with Gasteiger partial charge in [-0.1, -0.05) is 166 Å². The number of carbonyl (C=O) groups is 1. The van der Waals surface area contributed by atoms with Crippen LogP contribution in [0.1, 0.15) is 174 Å². The fourth-order valence-corrected chi connectivity index (χ4v) is 6.42. The van der Waals surface area contributed by atoms with Gasteiger partial charge >= 0.3 is 7.82 Å². The van der Waals surface area contributed by atoms with Crippen LogP contribution in [0.15, 0.2) is 36.5 Å². The molecule has 0 bridgehead atoms. The predicted octanol–water partition coefficient (Wildman–Crippen LogP) is 9.75. The van der Waals surface area contributed by atoms with Crippen molar-refractivity contribution in [2.45, 2.75) is 193 Å². The number of amides is 1. The van der Waals surface area contributed by atoms with Gasteiger partial charge in [0, 0.05) is 6.54 Å². The van der Waals surface area contributed by atoms with Gasteiger partial charge in [0.25, 0.3) is 0 Å². The first-order valence-corrected chi connectivity index (χ1v) is 21.7. The Labute approximate surface area is 306 Å². The fourth-order valence-electron chi connectivity index (χ4n) is 5.66. The minimum absolute atomic E-state index is 0.0358. The molecule has 0 rings (SSSR count). The van der Waals surface area contributed by atoms with Gasteiger partial charge in [-0.2, -0.15) is 0 Å². The first-order valence-electron chi connectivity index (χ1n) is 20.2. The van der Waals surface area contributed by atoms with Crippen molar-refractivity contribution in [3.05, 3.63) is 36.5 Å². The van der Waals surface area contributed by atoms with E-state index in [9.17, 15) is 24.5 Å². The van der Waals surface area contributed by atoms with Crippen LogP contribution in [0.25, 0.3) is 0 Å². The van der Waals surface area contributed by atoms with Gasteiger partial charge in [-0.15, -0.1) is 0 Å². The van der Waals surface area contributed by atoms with E-state index in [0.29, 0.717) is 12.8 Å². The highest BCUT2D eigenvalue weighted by Gasteiger charge is 2.28. The predicted molar refractivity (Wildman–Crippen MR) is 209 cm³/mol. The van der Waals surface area contributed by atoms with Gasteiger partial charge in [-0.3, -0.25) is 13.8 Å². The first-order chi connectivity index (χ1) is 24.3. The zero-order valence-corrected chi connectivity index (χ0v) is 32.9. The summed E-state index contributed by atoms with van der Waals surface area (Å²) in [5.74, 6) is -0.655. The summed E-state index contributed by atoms with van der Waals surface area (Å²) in [4.78, 5) is 22.7. The first kappa shape index (κ1) is 48.7. The Morgan fingerprint density at radius 1 is 0.680 bits per heavy atom. The van der Waals surface area contributed by atoms with Crippen LogP contribution in [0.5, 0.6) is 0 Å². The number of nitrogens with two attached hydrogens (primary N) is 1. The molecule has 0 fully saturated rings. The summed E-state index contributed by atoms with van der Waals surface area (Å²) < 4.78 is 21.9. The number of rotatable bonds is 37. The molecule has 0 aromatic carbocycles. The van der Waals surface area contributed by atoms with Crippen molar-refractivity contribution in [3.8, 4) is 0 Å². The lowest BCUT2D eigenvalue weighted by molar-refractivity contribution is -0.131. The van der Waals surface area contributed by atoms with Crippen LogP contribution < -0.4 is 11.1 Å². The molecule has 10 heteroatoms. The van der Waals surface area contributed by atoms with Gasteiger partial charge in [0.05, 0.1) is 25.4 Å². The van der Waals surface area contributed by atoms with Gasteiger partial charge in [-0.05, 0) is 44.9 Å². The monoisotopic (exact) mass is 729 g/mol. The van der Waals surface area contributed by atoms with E-state index in [1.165, 1.54) is 122 Å². The summed E-state index contributed by atoms with van der Waals surface area (Å²) >= 11 is 0. The molecule has 2 unspecified atom stereocenters. The molecular formula is C40H77N2O7P. The zero-order valence-electron chi connectivity index (χ0n) is 32.0. The molecule has 0 saturated heterocycles. The second-order valence-corrected chi connectivity index (χ2v) is 15.1. The number of nitrogens with one attached hydrogen (secondary N) is 1. The van der Waals surface area contributed by atoms with Crippen molar-refractivity contribution in [2.75, 3.05) is 19.8 Å². The van der Waals surface area contributed by atoms with Gasteiger partial charge < -0.3 is 26.2 Å². The summed E-state index contributed by atoms with van der Waals surface area (Å²) in [5, 5.41) is 23.8. The smallest absolute Gasteiger partial charge is 0.387 e. The Kier molecular flexibility index (Phi) is 35.1. The lowest BCUT2D eigenvalue weighted by Crippen LogP contribution is -2.49. The molecule has 0 aliphatic rings. The molecule has 0 aliphatic heterocycles. The Balaban J connectivity index is 4.38. The van der Waals surface area contributed by atoms with Gasteiger partial charge in [0.15, 0.2) is 0 Å². The topological polar surface area (TPSA) is 151 Å². The fraction of sp³-hybridized carbons (Fsp3) is 0.825. The van der Waals surface area contributed by atoms with Crippen molar-refractivity contribution in [1.82, 2.24) is 5.32 Å². The lowest BCUT2D eigenvalue weighted by atomic mass is 10.0. The molecule has 0 aliphatic carbocycles. The summed E-state index contributed by atoms with van der Waals surface area (Å²) in [7, 11) is -4.42. The molecule has 1 amide bonds. The number of phosphoric ester groups is 1. The van der Waals surface area contributed by atoms with Gasteiger partial charge in [0.2, 0.25) is 5.91 Å². The molecule has 294 valence electrons. The summed E-state index contributed by atoms with van der Waals surface area (Å²) in [6.45, 7) is 3.85. The van der Waals surface area contributed by atoms with Gasteiger partial charge in [-0.25, -0.2) is 4.57 Å². The van der Waals surface area contributed by atoms with Crippen LogP contribution in [0.3, 0.4) is 0 Å². The van der Waals surface area contributed by atoms with E-state index >= 15 is 0 Å². The number of phosphoric acid groups is 1. The molecule has 0 radical (unpaired) electrons. The van der Waals surface area contributed by atoms with Crippen LogP contribution in [-0.4, -0.2) is 59.0 Å². The van der Waals surface area contributed by atoms with Gasteiger partial charge in [0.1, 0.15) is 6.10 Å². The second-order valence-electron chi connectivity index (χ2n) is 13.7. The molecule has 0 heterocycles. The van der Waals surface area contributed by atoms with E-state index in [4.69, 9.17) is 14.8 Å². The summed E-state index contributed by atoms with van der Waals surface area (Å²) in [6.07, 6.45) is 38.5. The Morgan fingerprint density at radius 3 is 1.64 bits per heavy atom. The average molecular weight is 729 g/mol. The number of hydrogen-bond donors (Lipinski definition) is 5. The van der Waals surface area contributed by atoms with E-state index < -0.39 is 38.6 Å². The third-order valence-corrected chi connectivity index (χ3v) is 9.84. The number of hydrogen-bond acceptors (Lipinski definition) is 7. The number of unbranched alkanes of at least 4 members (excludes halogenated alkanes) is 21. The lowest BCUT2D eigenvalue weighted by Gasteiger charge is -2.24. The molecule has 0 spiro atoms. The number of aliphatic hydroxyl groups is 2. The van der Waals surface area contributed by atoms with E-state index in [1.54, 1.807) is 6.08 Å². The normalized spacial score (nSPS) is 15.2. The Bertz CT molecular complexity index is 899. The maximum Gasteiger partial charge on any atom is 0.472 e. The van der Waals surface area contributed by atoms with E-state index in [2.05, 4.69) is 31.3 Å². The third kappa shape index (κ3) is 32.6. The molecule has 0 aromatic rings. The molecule has 50 heavy (non-hydrogen) atoms. The van der Waals surface area contributed by atoms with E-state index in [1.807, 2.05) is 12.2 Å². The molecule has 6 N–H and O–H groups in total. The molecule has 0 saturated carbocycles. The summed E-state index contributed by atoms with van der Waals surface area (Å²) in [6, 6.07) is -1.07. The van der Waals surface area contributed by atoms with Crippen molar-refractivity contribution in [2.24, 2.45) is 5.73 Å². The standard InChI is InChI=1S/C40H77N2O7P/c1-3-5-7-9-11-13-15-16-17-18-19-20-21-23-25-27-29-31-33-39(44)40(45)42-37(36-49-50(46,47)48-35-34-41)38(43)32-30-28-26-24-22-14-12-10-8-6-4-2/h16-17,26,28,30,32,37-39,43-44H,3-15,18-25,27,29,31,33-36,41H2,1-2H3,(H,42,45)(H,46,47)/b17-16-,28-26+,32-30+/t37-,38+,39?/m0/s1. The van der Waals surface area contributed by atoms with Crippen LogP contribution in [-0.2, 0) is 18.4 Å². The average Bonchev–Trinajstić information content (AvgIpc) is 3.10.